The van der Waals surface area contributed by atoms with Crippen molar-refractivity contribution in [1.82, 2.24) is 19.3 Å². The Morgan fingerprint density at radius 1 is 1.18 bits per heavy atom. The third kappa shape index (κ3) is 4.71. The first-order chi connectivity index (χ1) is 15.6. The summed E-state index contributed by atoms with van der Waals surface area (Å²) in [5.74, 6) is 1.31. The lowest BCUT2D eigenvalue weighted by molar-refractivity contribution is 0.184. The molecule has 33 heavy (non-hydrogen) atoms. The highest BCUT2D eigenvalue weighted by atomic mass is 35.5. The molecule has 1 aliphatic carbocycles. The molecule has 180 valence electrons. The van der Waals surface area contributed by atoms with Crippen molar-refractivity contribution in [3.8, 4) is 0 Å². The SMILES string of the molecule is CCS(=O)(=O)N1CCN(C(=O)Nc2cc(Cl)c(C3(c4noc(C(C)C)n4)CC3)c(Cl)c2)CC1. The third-order valence-corrected chi connectivity index (χ3v) is 8.65. The van der Waals surface area contributed by atoms with Crippen LogP contribution in [0.1, 0.15) is 56.8 Å². The number of sulfonamides is 1. The Kier molecular flexibility index (Phi) is 6.65. The number of rotatable bonds is 6. The lowest BCUT2D eigenvalue weighted by Crippen LogP contribution is -2.51. The van der Waals surface area contributed by atoms with Crippen LogP contribution in [-0.4, -0.2) is 65.7 Å². The minimum absolute atomic E-state index is 0.0483. The van der Waals surface area contributed by atoms with Crippen LogP contribution in [0.2, 0.25) is 10.0 Å². The normalized spacial score (nSPS) is 18.5. The highest BCUT2D eigenvalue weighted by Gasteiger charge is 2.52. The van der Waals surface area contributed by atoms with Crippen molar-refractivity contribution >= 4 is 44.9 Å². The van der Waals surface area contributed by atoms with E-state index in [1.807, 2.05) is 13.8 Å². The summed E-state index contributed by atoms with van der Waals surface area (Å²) >= 11 is 13.2. The zero-order valence-electron chi connectivity index (χ0n) is 18.8. The molecule has 1 aromatic carbocycles. The predicted octanol–water partition coefficient (Wildman–Crippen LogP) is 4.08. The molecule has 0 unspecified atom stereocenters. The molecule has 2 amide bonds. The van der Waals surface area contributed by atoms with E-state index >= 15 is 0 Å². The highest BCUT2D eigenvalue weighted by Crippen LogP contribution is 2.56. The fourth-order valence-electron chi connectivity index (χ4n) is 4.03. The average Bonchev–Trinajstić information content (AvgIpc) is 3.39. The Morgan fingerprint density at radius 2 is 1.79 bits per heavy atom. The number of carbonyl (C=O) groups excluding carboxylic acids is 1. The lowest BCUT2D eigenvalue weighted by atomic mass is 9.94. The molecule has 9 nitrogen and oxygen atoms in total. The Hall–Kier alpha value is -1.88. The molecule has 4 rings (SSSR count). The van der Waals surface area contributed by atoms with Gasteiger partial charge in [-0.3, -0.25) is 0 Å². The molecule has 0 spiro atoms. The maximum atomic E-state index is 12.7. The van der Waals surface area contributed by atoms with Crippen LogP contribution in [-0.2, 0) is 15.4 Å². The number of urea groups is 1. The maximum Gasteiger partial charge on any atom is 0.321 e. The van der Waals surface area contributed by atoms with Crippen LogP contribution in [0.25, 0.3) is 0 Å². The maximum absolute atomic E-state index is 12.7. The molecule has 1 saturated heterocycles. The number of amides is 2. The fourth-order valence-corrected chi connectivity index (χ4v) is 5.97. The van der Waals surface area contributed by atoms with Gasteiger partial charge >= 0.3 is 6.03 Å². The zero-order valence-corrected chi connectivity index (χ0v) is 21.1. The molecule has 1 N–H and O–H groups in total. The first-order valence-corrected chi connectivity index (χ1v) is 13.3. The van der Waals surface area contributed by atoms with Crippen molar-refractivity contribution in [2.24, 2.45) is 0 Å². The number of nitrogens with zero attached hydrogens (tertiary/aromatic N) is 4. The van der Waals surface area contributed by atoms with Gasteiger partial charge in [-0.25, -0.2) is 13.2 Å². The summed E-state index contributed by atoms with van der Waals surface area (Å²) in [6.07, 6.45) is 1.61. The first-order valence-electron chi connectivity index (χ1n) is 10.9. The lowest BCUT2D eigenvalue weighted by Gasteiger charge is -2.33. The van der Waals surface area contributed by atoms with E-state index < -0.39 is 15.4 Å². The second-order valence-electron chi connectivity index (χ2n) is 8.72. The van der Waals surface area contributed by atoms with Gasteiger partial charge in [0.15, 0.2) is 5.82 Å². The molecule has 2 aliphatic rings. The number of piperazine rings is 1. The van der Waals surface area contributed by atoms with Gasteiger partial charge in [-0.1, -0.05) is 42.2 Å². The van der Waals surface area contributed by atoms with Gasteiger partial charge in [-0.2, -0.15) is 9.29 Å². The van der Waals surface area contributed by atoms with E-state index in [4.69, 9.17) is 27.7 Å². The Morgan fingerprint density at radius 3 is 2.27 bits per heavy atom. The first kappa shape index (κ1) is 24.3. The third-order valence-electron chi connectivity index (χ3n) is 6.17. The smallest absolute Gasteiger partial charge is 0.321 e. The van der Waals surface area contributed by atoms with Gasteiger partial charge in [0.2, 0.25) is 15.9 Å². The van der Waals surface area contributed by atoms with Crippen molar-refractivity contribution < 1.29 is 17.7 Å². The molecular weight excluding hydrogens is 489 g/mol. The van der Waals surface area contributed by atoms with Crippen LogP contribution in [0, 0.1) is 0 Å². The molecule has 1 saturated carbocycles. The standard InChI is InChI=1S/C21H27Cl2N5O4S/c1-4-33(30,31)28-9-7-27(8-10-28)20(29)24-14-11-15(22)17(16(23)12-14)21(5-6-21)19-25-18(13(2)3)32-26-19/h11-13H,4-10H2,1-3H3,(H,24,29). The van der Waals surface area contributed by atoms with Crippen molar-refractivity contribution in [2.45, 2.75) is 44.9 Å². The topological polar surface area (TPSA) is 109 Å². The molecule has 2 fully saturated rings. The molecular formula is C21H27Cl2N5O4S. The summed E-state index contributed by atoms with van der Waals surface area (Å²) in [4.78, 5) is 18.8. The van der Waals surface area contributed by atoms with E-state index in [-0.39, 0.29) is 30.8 Å². The van der Waals surface area contributed by atoms with Crippen LogP contribution in [0.15, 0.2) is 16.7 Å². The number of carbonyl (C=O) groups is 1. The highest BCUT2D eigenvalue weighted by molar-refractivity contribution is 7.89. The molecule has 0 atom stereocenters. The minimum Gasteiger partial charge on any atom is -0.339 e. The van der Waals surface area contributed by atoms with Crippen LogP contribution in [0.5, 0.6) is 0 Å². The molecule has 12 heteroatoms. The van der Waals surface area contributed by atoms with Gasteiger partial charge in [0, 0.05) is 53.4 Å². The summed E-state index contributed by atoms with van der Waals surface area (Å²) in [7, 11) is -3.26. The van der Waals surface area contributed by atoms with Gasteiger partial charge in [-0.15, -0.1) is 0 Å². The van der Waals surface area contributed by atoms with E-state index in [2.05, 4.69) is 15.5 Å². The van der Waals surface area contributed by atoms with Gasteiger partial charge in [0.25, 0.3) is 0 Å². The Bertz CT molecular complexity index is 1130. The fraction of sp³-hybridized carbons (Fsp3) is 0.571. The number of hydrogen-bond donors (Lipinski definition) is 1. The molecule has 0 radical (unpaired) electrons. The summed E-state index contributed by atoms with van der Waals surface area (Å²) in [5.41, 5.74) is 0.724. The average molecular weight is 516 g/mol. The summed E-state index contributed by atoms with van der Waals surface area (Å²) in [6, 6.07) is 3.01. The summed E-state index contributed by atoms with van der Waals surface area (Å²) < 4.78 is 30.8. The largest absolute Gasteiger partial charge is 0.339 e. The second kappa shape index (κ2) is 9.05. The van der Waals surface area contributed by atoms with Crippen LogP contribution in [0.4, 0.5) is 10.5 Å². The molecule has 2 aromatic rings. The number of anilines is 1. The zero-order chi connectivity index (χ0) is 24.0. The number of nitrogens with one attached hydrogen (secondary N) is 1. The molecule has 0 bridgehead atoms. The Labute approximate surface area is 203 Å². The second-order valence-corrected chi connectivity index (χ2v) is 11.8. The summed E-state index contributed by atoms with van der Waals surface area (Å²) in [5, 5.41) is 7.83. The van der Waals surface area contributed by atoms with E-state index in [1.54, 1.807) is 24.0 Å². The quantitative estimate of drug-likeness (QED) is 0.620. The monoisotopic (exact) mass is 515 g/mol. The predicted molar refractivity (Wildman–Crippen MR) is 126 cm³/mol. The molecule has 1 aromatic heterocycles. The van der Waals surface area contributed by atoms with E-state index in [1.165, 1.54) is 4.31 Å². The van der Waals surface area contributed by atoms with Crippen molar-refractivity contribution in [1.29, 1.82) is 0 Å². The Balaban J connectivity index is 1.47. The number of benzene rings is 1. The van der Waals surface area contributed by atoms with Crippen molar-refractivity contribution in [3.05, 3.63) is 39.5 Å². The van der Waals surface area contributed by atoms with Gasteiger partial charge in [0.05, 0.1) is 11.2 Å². The van der Waals surface area contributed by atoms with Gasteiger partial charge < -0.3 is 14.7 Å². The summed E-state index contributed by atoms with van der Waals surface area (Å²) in [6.45, 7) is 6.74. The minimum atomic E-state index is -3.26. The van der Waals surface area contributed by atoms with Crippen LogP contribution >= 0.6 is 23.2 Å². The number of aromatic nitrogens is 2. The van der Waals surface area contributed by atoms with E-state index in [0.29, 0.717) is 40.5 Å². The van der Waals surface area contributed by atoms with E-state index in [0.717, 1.165) is 18.4 Å². The number of hydrogen-bond acceptors (Lipinski definition) is 6. The van der Waals surface area contributed by atoms with E-state index in [9.17, 15) is 13.2 Å². The molecule has 1 aliphatic heterocycles. The van der Waals surface area contributed by atoms with Crippen molar-refractivity contribution in [2.75, 3.05) is 37.2 Å². The van der Waals surface area contributed by atoms with Crippen LogP contribution in [0.3, 0.4) is 0 Å². The van der Waals surface area contributed by atoms with Crippen molar-refractivity contribution in [3.63, 3.8) is 0 Å². The van der Waals surface area contributed by atoms with Gasteiger partial charge in [0.1, 0.15) is 0 Å². The van der Waals surface area contributed by atoms with Crippen LogP contribution < -0.4 is 5.32 Å². The van der Waals surface area contributed by atoms with Gasteiger partial charge in [-0.05, 0) is 31.9 Å². The molecule has 2 heterocycles. The number of halogens is 2.